The first-order chi connectivity index (χ1) is 6.81. The molecule has 0 fully saturated rings. The molecule has 0 radical (unpaired) electrons. The molecule has 0 bridgehead atoms. The maximum absolute atomic E-state index is 8.86. The number of aryl methyl sites for hydroxylation is 1. The summed E-state index contributed by atoms with van der Waals surface area (Å²) in [5, 5.41) is 8.86. The van der Waals surface area contributed by atoms with E-state index in [2.05, 4.69) is 28.3 Å². The van der Waals surface area contributed by atoms with Gasteiger partial charge < -0.3 is 9.67 Å². The summed E-state index contributed by atoms with van der Waals surface area (Å²) in [5.41, 5.74) is 1.21. The Morgan fingerprint density at radius 3 is 2.86 bits per heavy atom. The molecule has 0 aliphatic heterocycles. The van der Waals surface area contributed by atoms with E-state index in [1.165, 1.54) is 5.69 Å². The van der Waals surface area contributed by atoms with Gasteiger partial charge in [-0.1, -0.05) is 6.92 Å². The van der Waals surface area contributed by atoms with Crippen LogP contribution in [0, 0.1) is 0 Å². The fourth-order valence-corrected chi connectivity index (χ4v) is 1.48. The molecule has 80 valence electrons. The molecule has 0 amide bonds. The van der Waals surface area contributed by atoms with Crippen molar-refractivity contribution < 1.29 is 5.11 Å². The third-order valence-electron chi connectivity index (χ3n) is 2.39. The molecule has 0 aromatic carbocycles. The minimum Gasteiger partial charge on any atom is -0.395 e. The predicted octanol–water partition coefficient (Wildman–Crippen LogP) is 0.717. The van der Waals surface area contributed by atoms with Crippen LogP contribution in [0.25, 0.3) is 0 Å². The lowest BCUT2D eigenvalue weighted by atomic mass is 10.4. The first kappa shape index (κ1) is 11.2. The van der Waals surface area contributed by atoms with E-state index in [1.54, 1.807) is 0 Å². The predicted molar refractivity (Wildman–Crippen MR) is 55.9 cm³/mol. The van der Waals surface area contributed by atoms with Crippen molar-refractivity contribution in [2.75, 3.05) is 19.7 Å². The molecular formula is C10H19N3O. The van der Waals surface area contributed by atoms with Crippen molar-refractivity contribution in [3.63, 3.8) is 0 Å². The second kappa shape index (κ2) is 5.78. The van der Waals surface area contributed by atoms with E-state index < -0.39 is 0 Å². The quantitative estimate of drug-likeness (QED) is 0.730. The largest absolute Gasteiger partial charge is 0.395 e. The Morgan fingerprint density at radius 1 is 1.50 bits per heavy atom. The summed E-state index contributed by atoms with van der Waals surface area (Å²) in [5.74, 6) is 0. The standard InChI is InChI=1S/C10H19N3O/c1-3-12(5-6-14)8-10-7-11-9-13(10)4-2/h7,9,14H,3-6,8H2,1-2H3. The molecule has 0 aliphatic carbocycles. The van der Waals surface area contributed by atoms with E-state index in [-0.39, 0.29) is 6.61 Å². The molecular weight excluding hydrogens is 178 g/mol. The molecule has 0 aliphatic rings. The van der Waals surface area contributed by atoms with Crippen molar-refractivity contribution in [1.29, 1.82) is 0 Å². The van der Waals surface area contributed by atoms with Gasteiger partial charge in [0, 0.05) is 25.8 Å². The van der Waals surface area contributed by atoms with Crippen LogP contribution in [0.4, 0.5) is 0 Å². The van der Waals surface area contributed by atoms with Gasteiger partial charge in [-0.05, 0) is 13.5 Å². The number of aliphatic hydroxyl groups is 1. The number of aliphatic hydroxyl groups excluding tert-OH is 1. The molecule has 1 rings (SSSR count). The summed E-state index contributed by atoms with van der Waals surface area (Å²) in [6.07, 6.45) is 3.74. The lowest BCUT2D eigenvalue weighted by molar-refractivity contribution is 0.194. The van der Waals surface area contributed by atoms with Crippen molar-refractivity contribution in [3.05, 3.63) is 18.2 Å². The minimum absolute atomic E-state index is 0.216. The first-order valence-corrected chi connectivity index (χ1v) is 5.14. The Bertz CT molecular complexity index is 260. The third-order valence-corrected chi connectivity index (χ3v) is 2.39. The van der Waals surface area contributed by atoms with Crippen molar-refractivity contribution >= 4 is 0 Å². The second-order valence-corrected chi connectivity index (χ2v) is 3.26. The molecule has 0 saturated heterocycles. The van der Waals surface area contributed by atoms with Crippen LogP contribution in [0.2, 0.25) is 0 Å². The smallest absolute Gasteiger partial charge is 0.0948 e. The average Bonchev–Trinajstić information content (AvgIpc) is 2.64. The molecule has 14 heavy (non-hydrogen) atoms. The van der Waals surface area contributed by atoms with Crippen LogP contribution in [0.5, 0.6) is 0 Å². The Labute approximate surface area is 85.2 Å². The van der Waals surface area contributed by atoms with Crippen LogP contribution in [0.3, 0.4) is 0 Å². The lowest BCUT2D eigenvalue weighted by Gasteiger charge is -2.19. The van der Waals surface area contributed by atoms with Gasteiger partial charge in [-0.2, -0.15) is 0 Å². The Hall–Kier alpha value is -0.870. The summed E-state index contributed by atoms with van der Waals surface area (Å²) >= 11 is 0. The molecule has 0 spiro atoms. The SMILES string of the molecule is CCN(CCO)Cc1cncn1CC. The van der Waals surface area contributed by atoms with Gasteiger partial charge in [0.1, 0.15) is 0 Å². The topological polar surface area (TPSA) is 41.3 Å². The number of hydrogen-bond acceptors (Lipinski definition) is 3. The fourth-order valence-electron chi connectivity index (χ4n) is 1.48. The molecule has 1 heterocycles. The molecule has 1 aromatic heterocycles. The van der Waals surface area contributed by atoms with Crippen LogP contribution < -0.4 is 0 Å². The highest BCUT2D eigenvalue weighted by Crippen LogP contribution is 2.03. The highest BCUT2D eigenvalue weighted by Gasteiger charge is 2.06. The zero-order valence-electron chi connectivity index (χ0n) is 8.98. The maximum Gasteiger partial charge on any atom is 0.0948 e. The Kier molecular flexibility index (Phi) is 4.62. The van der Waals surface area contributed by atoms with Crippen molar-refractivity contribution in [3.8, 4) is 0 Å². The second-order valence-electron chi connectivity index (χ2n) is 3.26. The highest BCUT2D eigenvalue weighted by molar-refractivity contribution is 4.97. The maximum atomic E-state index is 8.86. The third kappa shape index (κ3) is 2.82. The molecule has 0 saturated carbocycles. The molecule has 4 nitrogen and oxygen atoms in total. The van der Waals surface area contributed by atoms with Gasteiger partial charge in [0.05, 0.1) is 18.6 Å². The number of rotatable bonds is 6. The van der Waals surface area contributed by atoms with Gasteiger partial charge >= 0.3 is 0 Å². The van der Waals surface area contributed by atoms with E-state index in [1.807, 2.05) is 12.5 Å². The number of nitrogens with zero attached hydrogens (tertiary/aromatic N) is 3. The van der Waals surface area contributed by atoms with Crippen LogP contribution in [-0.2, 0) is 13.1 Å². The number of aromatic nitrogens is 2. The van der Waals surface area contributed by atoms with E-state index in [9.17, 15) is 0 Å². The molecule has 0 atom stereocenters. The summed E-state index contributed by atoms with van der Waals surface area (Å²) in [4.78, 5) is 6.31. The highest BCUT2D eigenvalue weighted by atomic mass is 16.3. The fraction of sp³-hybridized carbons (Fsp3) is 0.700. The van der Waals surface area contributed by atoms with Crippen molar-refractivity contribution in [2.45, 2.75) is 26.9 Å². The van der Waals surface area contributed by atoms with Gasteiger partial charge in [-0.3, -0.25) is 4.90 Å². The summed E-state index contributed by atoms with van der Waals surface area (Å²) in [6, 6.07) is 0. The van der Waals surface area contributed by atoms with E-state index in [0.717, 1.165) is 26.2 Å². The summed E-state index contributed by atoms with van der Waals surface area (Å²) in [6.45, 7) is 7.92. The van der Waals surface area contributed by atoms with Crippen LogP contribution in [0.15, 0.2) is 12.5 Å². The average molecular weight is 197 g/mol. The zero-order valence-corrected chi connectivity index (χ0v) is 8.98. The van der Waals surface area contributed by atoms with E-state index in [0.29, 0.717) is 0 Å². The van der Waals surface area contributed by atoms with Gasteiger partial charge in [-0.25, -0.2) is 4.98 Å². The number of likely N-dealkylation sites (N-methyl/N-ethyl adjacent to an activating group) is 1. The molecule has 0 unspecified atom stereocenters. The molecule has 1 aromatic rings. The normalized spacial score (nSPS) is 11.1. The minimum atomic E-state index is 0.216. The first-order valence-electron chi connectivity index (χ1n) is 5.14. The van der Waals surface area contributed by atoms with Crippen LogP contribution >= 0.6 is 0 Å². The van der Waals surface area contributed by atoms with Gasteiger partial charge in [0.25, 0.3) is 0 Å². The Balaban J connectivity index is 2.56. The van der Waals surface area contributed by atoms with Gasteiger partial charge in [-0.15, -0.1) is 0 Å². The summed E-state index contributed by atoms with van der Waals surface area (Å²) in [7, 11) is 0. The zero-order chi connectivity index (χ0) is 10.4. The number of hydrogen-bond donors (Lipinski definition) is 1. The summed E-state index contributed by atoms with van der Waals surface area (Å²) < 4.78 is 2.13. The van der Waals surface area contributed by atoms with Crippen LogP contribution in [0.1, 0.15) is 19.5 Å². The monoisotopic (exact) mass is 197 g/mol. The molecule has 1 N–H and O–H groups in total. The van der Waals surface area contributed by atoms with Crippen molar-refractivity contribution in [1.82, 2.24) is 14.5 Å². The van der Waals surface area contributed by atoms with Crippen LogP contribution in [-0.4, -0.2) is 39.3 Å². The Morgan fingerprint density at radius 2 is 2.29 bits per heavy atom. The van der Waals surface area contributed by atoms with Gasteiger partial charge in [0.2, 0.25) is 0 Å². The van der Waals surface area contributed by atoms with E-state index in [4.69, 9.17) is 5.11 Å². The molecule has 4 heteroatoms. The lowest BCUT2D eigenvalue weighted by Crippen LogP contribution is -2.27. The van der Waals surface area contributed by atoms with E-state index >= 15 is 0 Å². The van der Waals surface area contributed by atoms with Gasteiger partial charge in [0.15, 0.2) is 0 Å². The van der Waals surface area contributed by atoms with Crippen molar-refractivity contribution in [2.24, 2.45) is 0 Å². The number of imidazole rings is 1.